The molecular formula is C17H24FN2O5S+. The Labute approximate surface area is 156 Å². The van der Waals surface area contributed by atoms with Gasteiger partial charge in [-0.25, -0.2) is 9.18 Å². The van der Waals surface area contributed by atoms with Gasteiger partial charge in [-0.1, -0.05) is 0 Å². The number of nitrogens with zero attached hydrogens (tertiary/aromatic N) is 1. The summed E-state index contributed by atoms with van der Waals surface area (Å²) < 4.78 is 24.5. The van der Waals surface area contributed by atoms with Crippen molar-refractivity contribution in [2.45, 2.75) is 45.7 Å². The molecule has 1 heterocycles. The molecule has 2 unspecified atom stereocenters. The smallest absolute Gasteiger partial charge is 0.450 e. The van der Waals surface area contributed by atoms with Gasteiger partial charge in [0.1, 0.15) is 18.0 Å². The molecule has 1 aromatic carbocycles. The lowest BCUT2D eigenvalue weighted by atomic mass is 9.86. The van der Waals surface area contributed by atoms with E-state index in [1.54, 1.807) is 34.6 Å². The third kappa shape index (κ3) is 3.15. The molecule has 1 saturated heterocycles. The molecule has 144 valence electrons. The lowest BCUT2D eigenvalue weighted by molar-refractivity contribution is -0.829. The van der Waals surface area contributed by atoms with Gasteiger partial charge in [-0.05, 0) is 52.8 Å². The molecule has 0 saturated carbocycles. The molecule has 7 nitrogen and oxygen atoms in total. The van der Waals surface area contributed by atoms with E-state index in [0.717, 1.165) is 12.2 Å². The minimum atomic E-state index is -1.22. The van der Waals surface area contributed by atoms with Crippen LogP contribution in [0.2, 0.25) is 0 Å². The average molecular weight is 387 g/mol. The second kappa shape index (κ2) is 7.05. The standard InChI is InChI=1S/C17H23FN2O5S/c1-6-24-14(21)19-11-7-8-13(18)12(9-11)17(5)10-25-26-20(17,15(22)23)16(2,3)4/h7-9H,6,10H2,1-5H3,(H-,19,21,22,23)/p+1. The molecule has 2 N–H and O–H groups in total. The van der Waals surface area contributed by atoms with Crippen LogP contribution in [-0.4, -0.2) is 39.9 Å². The summed E-state index contributed by atoms with van der Waals surface area (Å²) in [4.78, 5) is 23.9. The van der Waals surface area contributed by atoms with E-state index in [9.17, 15) is 19.1 Å². The van der Waals surface area contributed by atoms with Crippen molar-refractivity contribution in [2.24, 2.45) is 0 Å². The van der Waals surface area contributed by atoms with Crippen molar-refractivity contribution in [2.75, 3.05) is 18.5 Å². The zero-order valence-electron chi connectivity index (χ0n) is 15.5. The van der Waals surface area contributed by atoms with E-state index in [2.05, 4.69) is 5.32 Å². The number of amides is 2. The number of ether oxygens (including phenoxy) is 1. The molecule has 0 spiro atoms. The number of benzene rings is 1. The highest BCUT2D eigenvalue weighted by atomic mass is 32.2. The van der Waals surface area contributed by atoms with E-state index >= 15 is 0 Å². The Morgan fingerprint density at radius 2 is 2.12 bits per heavy atom. The predicted molar refractivity (Wildman–Crippen MR) is 96.0 cm³/mol. The van der Waals surface area contributed by atoms with Crippen molar-refractivity contribution in [3.8, 4) is 0 Å². The number of quaternary nitrogens is 1. The van der Waals surface area contributed by atoms with Crippen LogP contribution in [-0.2, 0) is 14.5 Å². The fourth-order valence-electron chi connectivity index (χ4n) is 3.32. The van der Waals surface area contributed by atoms with E-state index in [1.165, 1.54) is 18.2 Å². The van der Waals surface area contributed by atoms with E-state index in [0.29, 0.717) is 5.69 Å². The minimum Gasteiger partial charge on any atom is -0.450 e. The van der Waals surface area contributed by atoms with Gasteiger partial charge in [0.2, 0.25) is 0 Å². The van der Waals surface area contributed by atoms with Gasteiger partial charge >= 0.3 is 12.2 Å². The lowest BCUT2D eigenvalue weighted by Crippen LogP contribution is -2.66. The second-order valence-corrected chi connectivity index (χ2v) is 8.15. The molecule has 0 radical (unpaired) electrons. The molecule has 0 bridgehead atoms. The van der Waals surface area contributed by atoms with Crippen molar-refractivity contribution < 1.29 is 31.9 Å². The van der Waals surface area contributed by atoms with Crippen LogP contribution in [0.4, 0.5) is 19.7 Å². The highest BCUT2D eigenvalue weighted by Crippen LogP contribution is 2.55. The third-order valence-electron chi connectivity index (χ3n) is 4.48. The number of anilines is 1. The first-order chi connectivity index (χ1) is 12.0. The van der Waals surface area contributed by atoms with Crippen LogP contribution in [0.25, 0.3) is 0 Å². The maximum Gasteiger partial charge on any atom is 0.528 e. The van der Waals surface area contributed by atoms with Crippen LogP contribution >= 0.6 is 12.2 Å². The third-order valence-corrected chi connectivity index (χ3v) is 6.04. The predicted octanol–water partition coefficient (Wildman–Crippen LogP) is 4.50. The van der Waals surface area contributed by atoms with Crippen molar-refractivity contribution in [1.29, 1.82) is 0 Å². The molecule has 1 aliphatic heterocycles. The summed E-state index contributed by atoms with van der Waals surface area (Å²) in [6.07, 6.45) is -1.80. The quantitative estimate of drug-likeness (QED) is 0.451. The molecular weight excluding hydrogens is 363 g/mol. The molecule has 1 aromatic rings. The fraction of sp³-hybridized carbons (Fsp3) is 0.529. The Hall–Kier alpha value is -1.84. The summed E-state index contributed by atoms with van der Waals surface area (Å²) in [6.45, 7) is 8.82. The Kier molecular flexibility index (Phi) is 5.55. The topological polar surface area (TPSA) is 84.9 Å². The zero-order valence-corrected chi connectivity index (χ0v) is 16.3. The average Bonchev–Trinajstić information content (AvgIpc) is 2.88. The Bertz CT molecular complexity index is 724. The normalized spacial score (nSPS) is 25.8. The Morgan fingerprint density at radius 3 is 2.65 bits per heavy atom. The maximum atomic E-state index is 14.7. The lowest BCUT2D eigenvalue weighted by Gasteiger charge is -2.46. The number of halogens is 1. The Morgan fingerprint density at radius 1 is 1.46 bits per heavy atom. The van der Waals surface area contributed by atoms with E-state index in [4.69, 9.17) is 8.92 Å². The fourth-order valence-corrected chi connectivity index (χ4v) is 4.37. The highest BCUT2D eigenvalue weighted by molar-refractivity contribution is 7.89. The molecule has 1 aliphatic rings. The van der Waals surface area contributed by atoms with Crippen LogP contribution < -0.4 is 5.32 Å². The zero-order chi connectivity index (χ0) is 19.8. The SMILES string of the molecule is CCOC(=O)Nc1ccc(F)c(C2(C)COS[N+]2(C(=O)O)C(C)(C)C)c1. The van der Waals surface area contributed by atoms with Crippen molar-refractivity contribution in [3.63, 3.8) is 0 Å². The first-order valence-electron chi connectivity index (χ1n) is 8.17. The monoisotopic (exact) mass is 387 g/mol. The van der Waals surface area contributed by atoms with Gasteiger partial charge in [-0.15, -0.1) is 3.89 Å². The van der Waals surface area contributed by atoms with Crippen molar-refractivity contribution in [3.05, 3.63) is 29.6 Å². The van der Waals surface area contributed by atoms with Crippen LogP contribution in [0.3, 0.4) is 0 Å². The summed E-state index contributed by atoms with van der Waals surface area (Å²) in [5.74, 6) is -0.569. The maximum absolute atomic E-state index is 14.7. The second-order valence-electron chi connectivity index (χ2n) is 7.21. The number of carbonyl (C=O) groups excluding carboxylic acids is 1. The Balaban J connectivity index is 2.57. The van der Waals surface area contributed by atoms with Gasteiger partial charge in [0.05, 0.1) is 12.2 Å². The van der Waals surface area contributed by atoms with Gasteiger partial charge in [-0.2, -0.15) is 4.79 Å². The van der Waals surface area contributed by atoms with E-state index in [-0.39, 0.29) is 18.8 Å². The van der Waals surface area contributed by atoms with E-state index in [1.807, 2.05) is 0 Å². The number of carbonyl (C=O) groups is 2. The first-order valence-corrected chi connectivity index (χ1v) is 8.87. The largest absolute Gasteiger partial charge is 0.528 e. The molecule has 2 rings (SSSR count). The molecule has 9 heteroatoms. The van der Waals surface area contributed by atoms with E-state index < -0.39 is 33.0 Å². The van der Waals surface area contributed by atoms with Gasteiger partial charge < -0.3 is 9.84 Å². The van der Waals surface area contributed by atoms with Crippen LogP contribution in [0.5, 0.6) is 0 Å². The van der Waals surface area contributed by atoms with Gasteiger partial charge in [-0.3, -0.25) is 9.50 Å². The minimum absolute atomic E-state index is 0.00101. The van der Waals surface area contributed by atoms with Crippen molar-refractivity contribution in [1.82, 2.24) is 0 Å². The molecule has 0 aromatic heterocycles. The first kappa shape index (κ1) is 20.5. The number of rotatable bonds is 3. The summed E-state index contributed by atoms with van der Waals surface area (Å²) in [5, 5.41) is 12.5. The highest BCUT2D eigenvalue weighted by Gasteiger charge is 2.68. The van der Waals surface area contributed by atoms with Crippen molar-refractivity contribution >= 4 is 30.1 Å². The number of hydrogen-bond acceptors (Lipinski definition) is 5. The van der Waals surface area contributed by atoms with Gasteiger partial charge in [0, 0.05) is 5.69 Å². The molecule has 0 aliphatic carbocycles. The van der Waals surface area contributed by atoms with Gasteiger partial charge in [0.25, 0.3) is 12.2 Å². The van der Waals surface area contributed by atoms with Crippen LogP contribution in [0.15, 0.2) is 18.2 Å². The van der Waals surface area contributed by atoms with Gasteiger partial charge in [0.15, 0.2) is 5.54 Å². The number of hydrogen-bond donors (Lipinski definition) is 2. The molecule has 2 atom stereocenters. The molecule has 1 fully saturated rings. The molecule has 26 heavy (non-hydrogen) atoms. The summed E-state index contributed by atoms with van der Waals surface area (Å²) >= 11 is 0.802. The summed E-state index contributed by atoms with van der Waals surface area (Å²) in [7, 11) is 0. The summed E-state index contributed by atoms with van der Waals surface area (Å²) in [6, 6.07) is 4.03. The number of nitrogens with one attached hydrogen (secondary N) is 1. The molecule has 2 amide bonds. The number of carboxylic acid groups (broad SMARTS) is 1. The van der Waals surface area contributed by atoms with Crippen LogP contribution in [0, 0.1) is 5.82 Å². The van der Waals surface area contributed by atoms with Crippen LogP contribution in [0.1, 0.15) is 40.2 Å². The summed E-state index contributed by atoms with van der Waals surface area (Å²) in [5.41, 5.74) is -1.55.